The van der Waals surface area contributed by atoms with Crippen molar-refractivity contribution in [1.29, 1.82) is 5.26 Å². The number of hydrogen-bond donors (Lipinski definition) is 2. The molecule has 0 aliphatic carbocycles. The van der Waals surface area contributed by atoms with E-state index in [0.717, 1.165) is 23.0 Å². The van der Waals surface area contributed by atoms with Gasteiger partial charge in [0.2, 0.25) is 0 Å². The number of nitrogens with one attached hydrogen (secondary N) is 1. The quantitative estimate of drug-likeness (QED) is 0.492. The monoisotopic (exact) mass is 441 g/mol. The third kappa shape index (κ3) is 3.58. The molecule has 0 amide bonds. The fraction of sp³-hybridized carbons (Fsp3) is 0.158. The summed E-state index contributed by atoms with van der Waals surface area (Å²) in [4.78, 5) is 28.9. The van der Waals surface area contributed by atoms with Crippen molar-refractivity contribution in [1.82, 2.24) is 28.9 Å². The number of aromatic nitrogens is 6. The van der Waals surface area contributed by atoms with E-state index >= 15 is 0 Å². The minimum Gasteiger partial charge on any atom is -0.382 e. The molecule has 0 saturated carbocycles. The van der Waals surface area contributed by atoms with Crippen molar-refractivity contribution in [3.63, 3.8) is 0 Å². The van der Waals surface area contributed by atoms with Gasteiger partial charge in [0.05, 0.1) is 6.04 Å². The highest BCUT2D eigenvalue weighted by Crippen LogP contribution is 2.28. The lowest BCUT2D eigenvalue weighted by molar-refractivity contribution is -0.141. The highest BCUT2D eigenvalue weighted by molar-refractivity contribution is 5.62. The largest absolute Gasteiger partial charge is 0.433 e. The Morgan fingerprint density at radius 3 is 2.69 bits per heavy atom. The molecular formula is C19H14F3N9O. The molecule has 0 bridgehead atoms. The van der Waals surface area contributed by atoms with Gasteiger partial charge < -0.3 is 11.1 Å². The molecule has 0 aliphatic rings. The number of nitrogen functional groups attached to an aromatic ring is 1. The summed E-state index contributed by atoms with van der Waals surface area (Å²) in [5.74, 6) is -0.182. The number of rotatable bonds is 4. The summed E-state index contributed by atoms with van der Waals surface area (Å²) in [6.07, 6.45) is -2.11. The molecule has 13 heteroatoms. The maximum atomic E-state index is 13.2. The van der Waals surface area contributed by atoms with Crippen LogP contribution in [0.25, 0.3) is 11.5 Å². The van der Waals surface area contributed by atoms with Crippen LogP contribution in [0.3, 0.4) is 0 Å². The Kier molecular flexibility index (Phi) is 4.97. The first-order chi connectivity index (χ1) is 15.2. The predicted octanol–water partition coefficient (Wildman–Crippen LogP) is 2.32. The molecule has 1 unspecified atom stereocenters. The van der Waals surface area contributed by atoms with Crippen LogP contribution >= 0.6 is 0 Å². The molecule has 0 spiro atoms. The average molecular weight is 441 g/mol. The predicted molar refractivity (Wildman–Crippen MR) is 107 cm³/mol. The van der Waals surface area contributed by atoms with Crippen LogP contribution in [-0.2, 0) is 6.18 Å². The van der Waals surface area contributed by atoms with Crippen molar-refractivity contribution in [2.24, 2.45) is 0 Å². The number of fused-ring (bicyclic) bond motifs is 1. The SMILES string of the molecule is CC(Nc1ncnc(N)c1C#N)c1nc2cccn2c(=O)n1-c1cccc(C(F)(F)F)n1. The zero-order valence-corrected chi connectivity index (χ0v) is 16.4. The van der Waals surface area contributed by atoms with Gasteiger partial charge in [-0.1, -0.05) is 6.07 Å². The first-order valence-electron chi connectivity index (χ1n) is 9.12. The molecule has 0 fully saturated rings. The Bertz CT molecular complexity index is 1420. The van der Waals surface area contributed by atoms with Gasteiger partial charge in [-0.3, -0.25) is 4.40 Å². The standard InChI is InChI=1S/C19H14F3N9O/c1-10(27-16-11(8-23)15(24)25-9-26-16)17-29-13-6-3-7-30(13)18(32)31(17)14-5-2-4-12(28-14)19(20,21)22/h2-7,9-10H,1H3,(H3,24,25,26,27). The third-order valence-electron chi connectivity index (χ3n) is 4.57. The summed E-state index contributed by atoms with van der Waals surface area (Å²) < 4.78 is 41.8. The van der Waals surface area contributed by atoms with Crippen molar-refractivity contribution in [3.05, 3.63) is 70.4 Å². The van der Waals surface area contributed by atoms with E-state index in [4.69, 9.17) is 5.73 Å². The Balaban J connectivity index is 1.90. The van der Waals surface area contributed by atoms with E-state index in [2.05, 4.69) is 25.3 Å². The van der Waals surface area contributed by atoms with Gasteiger partial charge in [-0.2, -0.15) is 18.4 Å². The summed E-state index contributed by atoms with van der Waals surface area (Å²) >= 11 is 0. The van der Waals surface area contributed by atoms with Crippen molar-refractivity contribution in [3.8, 4) is 11.9 Å². The molecule has 4 aromatic heterocycles. The smallest absolute Gasteiger partial charge is 0.382 e. The molecule has 1 atom stereocenters. The lowest BCUT2D eigenvalue weighted by Crippen LogP contribution is -2.32. The van der Waals surface area contributed by atoms with Gasteiger partial charge in [-0.05, 0) is 31.2 Å². The van der Waals surface area contributed by atoms with Gasteiger partial charge in [-0.15, -0.1) is 0 Å². The molecule has 32 heavy (non-hydrogen) atoms. The van der Waals surface area contributed by atoms with E-state index in [1.807, 2.05) is 6.07 Å². The molecule has 4 rings (SSSR count). The number of halogens is 3. The Morgan fingerprint density at radius 1 is 1.19 bits per heavy atom. The molecule has 0 saturated heterocycles. The second-order valence-corrected chi connectivity index (χ2v) is 6.66. The lowest BCUT2D eigenvalue weighted by Gasteiger charge is -2.20. The number of pyridine rings is 1. The number of anilines is 2. The molecule has 4 heterocycles. The van der Waals surface area contributed by atoms with Crippen molar-refractivity contribution >= 4 is 17.3 Å². The van der Waals surface area contributed by atoms with Gasteiger partial charge in [0.25, 0.3) is 0 Å². The Hall–Kier alpha value is -4.47. The maximum Gasteiger partial charge on any atom is 0.433 e. The maximum absolute atomic E-state index is 13.2. The topological polar surface area (TPSA) is 140 Å². The molecule has 4 aromatic rings. The van der Waals surface area contributed by atoms with E-state index in [9.17, 15) is 23.2 Å². The van der Waals surface area contributed by atoms with Gasteiger partial charge in [-0.25, -0.2) is 29.3 Å². The summed E-state index contributed by atoms with van der Waals surface area (Å²) in [5, 5.41) is 12.3. The fourth-order valence-electron chi connectivity index (χ4n) is 3.10. The van der Waals surface area contributed by atoms with Gasteiger partial charge >= 0.3 is 11.9 Å². The molecular weight excluding hydrogens is 427 g/mol. The number of alkyl halides is 3. The zero-order chi connectivity index (χ0) is 23.0. The van der Waals surface area contributed by atoms with Crippen molar-refractivity contribution in [2.75, 3.05) is 11.1 Å². The van der Waals surface area contributed by atoms with E-state index in [1.54, 1.807) is 19.1 Å². The van der Waals surface area contributed by atoms with Crippen LogP contribution in [0.2, 0.25) is 0 Å². The van der Waals surface area contributed by atoms with Gasteiger partial charge in [0.15, 0.2) is 0 Å². The molecule has 3 N–H and O–H groups in total. The van der Waals surface area contributed by atoms with Crippen LogP contribution < -0.4 is 16.7 Å². The van der Waals surface area contributed by atoms with E-state index < -0.39 is 23.6 Å². The average Bonchev–Trinajstić information content (AvgIpc) is 3.22. The summed E-state index contributed by atoms with van der Waals surface area (Å²) in [6.45, 7) is 1.60. The van der Waals surface area contributed by atoms with E-state index in [0.29, 0.717) is 0 Å². The number of nitriles is 1. The first-order valence-corrected chi connectivity index (χ1v) is 9.12. The number of nitrogens with two attached hydrogens (primary N) is 1. The molecule has 0 aromatic carbocycles. The number of nitrogens with zero attached hydrogens (tertiary/aromatic N) is 7. The van der Waals surface area contributed by atoms with Crippen molar-refractivity contribution in [2.45, 2.75) is 19.1 Å². The normalized spacial score (nSPS) is 12.5. The summed E-state index contributed by atoms with van der Waals surface area (Å²) in [6, 6.07) is 7.47. The highest BCUT2D eigenvalue weighted by atomic mass is 19.4. The van der Waals surface area contributed by atoms with Gasteiger partial charge in [0, 0.05) is 6.20 Å². The Labute approximate surface area is 177 Å². The highest BCUT2D eigenvalue weighted by Gasteiger charge is 2.33. The Morgan fingerprint density at radius 2 is 1.97 bits per heavy atom. The molecule has 0 radical (unpaired) electrons. The molecule has 0 aliphatic heterocycles. The molecule has 10 nitrogen and oxygen atoms in total. The molecule has 162 valence electrons. The second kappa shape index (κ2) is 7.65. The van der Waals surface area contributed by atoms with Crippen molar-refractivity contribution < 1.29 is 13.2 Å². The van der Waals surface area contributed by atoms with Gasteiger partial charge in [0.1, 0.15) is 52.6 Å². The van der Waals surface area contributed by atoms with E-state index in [-0.39, 0.29) is 34.5 Å². The number of hydrogen-bond acceptors (Lipinski definition) is 8. The third-order valence-corrected chi connectivity index (χ3v) is 4.57. The minimum absolute atomic E-state index is 0.0193. The van der Waals surface area contributed by atoms with Crippen LogP contribution in [0.4, 0.5) is 24.8 Å². The van der Waals surface area contributed by atoms with Crippen LogP contribution in [0, 0.1) is 11.3 Å². The van der Waals surface area contributed by atoms with Crippen LogP contribution in [-0.4, -0.2) is 28.9 Å². The zero-order valence-electron chi connectivity index (χ0n) is 16.4. The minimum atomic E-state index is -4.70. The van der Waals surface area contributed by atoms with Crippen LogP contribution in [0.1, 0.15) is 30.0 Å². The van der Waals surface area contributed by atoms with Crippen LogP contribution in [0.15, 0.2) is 47.7 Å². The summed E-state index contributed by atoms with van der Waals surface area (Å²) in [5.41, 5.74) is 4.14. The second-order valence-electron chi connectivity index (χ2n) is 6.66. The summed E-state index contributed by atoms with van der Waals surface area (Å²) in [7, 11) is 0. The van der Waals surface area contributed by atoms with E-state index in [1.165, 1.54) is 16.7 Å². The lowest BCUT2D eigenvalue weighted by atomic mass is 10.2. The fourth-order valence-corrected chi connectivity index (χ4v) is 3.10. The first kappa shape index (κ1) is 20.8. The van der Waals surface area contributed by atoms with Crippen LogP contribution in [0.5, 0.6) is 0 Å².